The first-order valence-corrected chi connectivity index (χ1v) is 6.64. The highest BCUT2D eigenvalue weighted by atomic mass is 32.1. The highest BCUT2D eigenvalue weighted by Gasteiger charge is 2.27. The van der Waals surface area contributed by atoms with Crippen molar-refractivity contribution in [1.82, 2.24) is 0 Å². The summed E-state index contributed by atoms with van der Waals surface area (Å²) in [6, 6.07) is 5.01. The lowest BCUT2D eigenvalue weighted by atomic mass is 9.84. The molecule has 1 saturated heterocycles. The van der Waals surface area contributed by atoms with Gasteiger partial charge < -0.3 is 10.6 Å². The Labute approximate surface area is 113 Å². The van der Waals surface area contributed by atoms with E-state index in [2.05, 4.69) is 18.7 Å². The third-order valence-electron chi connectivity index (χ3n) is 3.47. The van der Waals surface area contributed by atoms with Gasteiger partial charge in [-0.15, -0.1) is 0 Å². The number of nitrogens with two attached hydrogens (primary N) is 1. The van der Waals surface area contributed by atoms with Crippen LogP contribution in [0.2, 0.25) is 0 Å². The Bertz CT molecular complexity index is 471. The van der Waals surface area contributed by atoms with E-state index in [0.717, 1.165) is 19.5 Å². The summed E-state index contributed by atoms with van der Waals surface area (Å²) in [5.74, 6) is -0.238. The van der Waals surface area contributed by atoms with Crippen molar-refractivity contribution in [2.24, 2.45) is 11.1 Å². The van der Waals surface area contributed by atoms with Crippen molar-refractivity contribution in [3.63, 3.8) is 0 Å². The van der Waals surface area contributed by atoms with Crippen molar-refractivity contribution < 1.29 is 4.39 Å². The smallest absolute Gasteiger partial charge is 0.147 e. The number of hydrogen-bond donors (Lipinski definition) is 1. The average molecular weight is 266 g/mol. The van der Waals surface area contributed by atoms with Crippen LogP contribution in [-0.4, -0.2) is 18.1 Å². The van der Waals surface area contributed by atoms with E-state index in [0.29, 0.717) is 11.3 Å². The molecule has 0 radical (unpaired) electrons. The van der Waals surface area contributed by atoms with E-state index in [1.54, 1.807) is 12.1 Å². The topological polar surface area (TPSA) is 29.3 Å². The van der Waals surface area contributed by atoms with Gasteiger partial charge in [-0.3, -0.25) is 0 Å². The summed E-state index contributed by atoms with van der Waals surface area (Å²) in [5.41, 5.74) is 6.99. The van der Waals surface area contributed by atoms with Crippen LogP contribution < -0.4 is 10.6 Å². The van der Waals surface area contributed by atoms with E-state index in [-0.39, 0.29) is 16.2 Å². The van der Waals surface area contributed by atoms with E-state index in [4.69, 9.17) is 18.0 Å². The van der Waals surface area contributed by atoms with Crippen LogP contribution in [0.4, 0.5) is 10.1 Å². The fraction of sp³-hybridized carbons (Fsp3) is 0.500. The van der Waals surface area contributed by atoms with Crippen LogP contribution in [0.25, 0.3) is 0 Å². The van der Waals surface area contributed by atoms with Crippen molar-refractivity contribution in [1.29, 1.82) is 0 Å². The first kappa shape index (κ1) is 13.3. The highest BCUT2D eigenvalue weighted by molar-refractivity contribution is 7.80. The van der Waals surface area contributed by atoms with E-state index in [9.17, 15) is 4.39 Å². The maximum absolute atomic E-state index is 14.1. The molecule has 0 aliphatic carbocycles. The maximum Gasteiger partial charge on any atom is 0.147 e. The van der Waals surface area contributed by atoms with Crippen LogP contribution in [0.5, 0.6) is 0 Å². The zero-order valence-electron chi connectivity index (χ0n) is 10.9. The SMILES string of the molecule is CC1(C)CCCN(c2ccc(C(N)=S)cc2F)C1. The first-order valence-electron chi connectivity index (χ1n) is 6.23. The second-order valence-corrected chi connectivity index (χ2v) is 6.16. The summed E-state index contributed by atoms with van der Waals surface area (Å²) >= 11 is 4.86. The van der Waals surface area contributed by atoms with Gasteiger partial charge in [-0.05, 0) is 36.5 Å². The van der Waals surface area contributed by atoms with Crippen LogP contribution >= 0.6 is 12.2 Å². The van der Waals surface area contributed by atoms with Gasteiger partial charge in [-0.25, -0.2) is 4.39 Å². The standard InChI is InChI=1S/C14H19FN2S/c1-14(2)6-3-7-17(9-14)12-5-4-10(13(16)18)8-11(12)15/h4-5,8H,3,6-7,9H2,1-2H3,(H2,16,18). The van der Waals surface area contributed by atoms with Crippen LogP contribution in [0, 0.1) is 11.2 Å². The Morgan fingerprint density at radius 2 is 2.17 bits per heavy atom. The van der Waals surface area contributed by atoms with Crippen LogP contribution in [-0.2, 0) is 0 Å². The molecule has 0 unspecified atom stereocenters. The molecule has 0 aromatic heterocycles. The molecule has 1 heterocycles. The molecule has 0 saturated carbocycles. The molecule has 4 heteroatoms. The molecule has 1 aromatic carbocycles. The van der Waals surface area contributed by atoms with Gasteiger partial charge in [0.05, 0.1) is 5.69 Å². The van der Waals surface area contributed by atoms with Crippen LogP contribution in [0.3, 0.4) is 0 Å². The summed E-state index contributed by atoms with van der Waals surface area (Å²) in [5, 5.41) is 0. The summed E-state index contributed by atoms with van der Waals surface area (Å²) in [7, 11) is 0. The molecule has 98 valence electrons. The van der Waals surface area contributed by atoms with Gasteiger partial charge >= 0.3 is 0 Å². The molecular weight excluding hydrogens is 247 g/mol. The van der Waals surface area contributed by atoms with Gasteiger partial charge in [0, 0.05) is 18.7 Å². The van der Waals surface area contributed by atoms with Crippen LogP contribution in [0.1, 0.15) is 32.3 Å². The Balaban J connectivity index is 2.26. The fourth-order valence-corrected chi connectivity index (χ4v) is 2.67. The first-order chi connectivity index (χ1) is 8.39. The van der Waals surface area contributed by atoms with Gasteiger partial charge in [0.2, 0.25) is 0 Å². The molecule has 1 aromatic rings. The minimum absolute atomic E-state index is 0.236. The summed E-state index contributed by atoms with van der Waals surface area (Å²) < 4.78 is 14.1. The molecule has 1 aliphatic rings. The van der Waals surface area contributed by atoms with E-state index in [1.165, 1.54) is 12.5 Å². The van der Waals surface area contributed by atoms with Crippen molar-refractivity contribution in [3.8, 4) is 0 Å². The molecule has 2 N–H and O–H groups in total. The molecule has 2 nitrogen and oxygen atoms in total. The fourth-order valence-electron chi connectivity index (χ4n) is 2.55. The second kappa shape index (κ2) is 4.84. The quantitative estimate of drug-likeness (QED) is 0.834. The Kier molecular flexibility index (Phi) is 3.57. The number of benzene rings is 1. The molecule has 0 atom stereocenters. The average Bonchev–Trinajstić information content (AvgIpc) is 2.27. The lowest BCUT2D eigenvalue weighted by Gasteiger charge is -2.39. The van der Waals surface area contributed by atoms with Crippen molar-refractivity contribution in [3.05, 3.63) is 29.6 Å². The minimum Gasteiger partial charge on any atom is -0.389 e. The number of halogens is 1. The van der Waals surface area contributed by atoms with Gasteiger partial charge in [0.15, 0.2) is 0 Å². The van der Waals surface area contributed by atoms with Gasteiger partial charge in [0.1, 0.15) is 10.8 Å². The Hall–Kier alpha value is -1.16. The minimum atomic E-state index is -0.238. The number of piperidine rings is 1. The lowest BCUT2D eigenvalue weighted by molar-refractivity contribution is 0.292. The number of rotatable bonds is 2. The third kappa shape index (κ3) is 2.80. The van der Waals surface area contributed by atoms with Gasteiger partial charge in [-0.2, -0.15) is 0 Å². The zero-order valence-corrected chi connectivity index (χ0v) is 11.7. The van der Waals surface area contributed by atoms with E-state index < -0.39 is 0 Å². The number of anilines is 1. The summed E-state index contributed by atoms with van der Waals surface area (Å²) in [6.45, 7) is 6.24. The molecule has 0 spiro atoms. The normalized spacial score (nSPS) is 18.7. The number of nitrogens with zero attached hydrogens (tertiary/aromatic N) is 1. The highest BCUT2D eigenvalue weighted by Crippen LogP contribution is 2.32. The van der Waals surface area contributed by atoms with Crippen molar-refractivity contribution >= 4 is 22.9 Å². The van der Waals surface area contributed by atoms with Crippen molar-refractivity contribution in [2.45, 2.75) is 26.7 Å². The lowest BCUT2D eigenvalue weighted by Crippen LogP contribution is -2.40. The summed E-state index contributed by atoms with van der Waals surface area (Å²) in [6.07, 6.45) is 2.29. The summed E-state index contributed by atoms with van der Waals surface area (Å²) in [4.78, 5) is 2.35. The number of hydrogen-bond acceptors (Lipinski definition) is 2. The number of thiocarbonyl (C=S) groups is 1. The molecular formula is C14H19FN2S. The zero-order chi connectivity index (χ0) is 13.3. The molecule has 0 bridgehead atoms. The largest absolute Gasteiger partial charge is 0.389 e. The predicted octanol–water partition coefficient (Wildman–Crippen LogP) is 3.09. The maximum atomic E-state index is 14.1. The monoisotopic (exact) mass is 266 g/mol. The molecule has 1 fully saturated rings. The molecule has 0 amide bonds. The van der Waals surface area contributed by atoms with Gasteiger partial charge in [-0.1, -0.05) is 26.1 Å². The Morgan fingerprint density at radius 3 is 2.72 bits per heavy atom. The van der Waals surface area contributed by atoms with E-state index >= 15 is 0 Å². The Morgan fingerprint density at radius 1 is 1.44 bits per heavy atom. The van der Waals surface area contributed by atoms with Gasteiger partial charge in [0.25, 0.3) is 0 Å². The molecule has 18 heavy (non-hydrogen) atoms. The predicted molar refractivity (Wildman–Crippen MR) is 77.5 cm³/mol. The molecule has 1 aliphatic heterocycles. The van der Waals surface area contributed by atoms with E-state index in [1.807, 2.05) is 0 Å². The second-order valence-electron chi connectivity index (χ2n) is 5.72. The molecule has 2 rings (SSSR count). The third-order valence-corrected chi connectivity index (χ3v) is 3.71. The van der Waals surface area contributed by atoms with Crippen LogP contribution in [0.15, 0.2) is 18.2 Å². The van der Waals surface area contributed by atoms with Crippen molar-refractivity contribution in [2.75, 3.05) is 18.0 Å².